The molecule has 1 aromatic heterocycles. The molecule has 0 unspecified atom stereocenters. The number of rotatable bonds is 7. The third-order valence-electron chi connectivity index (χ3n) is 5.52. The van der Waals surface area contributed by atoms with E-state index < -0.39 is 0 Å². The topological polar surface area (TPSA) is 60.6 Å². The molecule has 2 aromatic carbocycles. The van der Waals surface area contributed by atoms with Crippen molar-refractivity contribution >= 4 is 22.5 Å². The quantitative estimate of drug-likeness (QED) is 0.607. The maximum atomic E-state index is 12.3. The van der Waals surface area contributed by atoms with E-state index in [0.29, 0.717) is 12.2 Å². The van der Waals surface area contributed by atoms with Crippen molar-refractivity contribution in [2.24, 2.45) is 0 Å². The molecule has 6 heteroatoms. The molecular weight excluding hydrogens is 364 g/mol. The van der Waals surface area contributed by atoms with Gasteiger partial charge in [-0.15, -0.1) is 0 Å². The van der Waals surface area contributed by atoms with Crippen LogP contribution in [0.15, 0.2) is 54.6 Å². The van der Waals surface area contributed by atoms with Gasteiger partial charge in [-0.1, -0.05) is 18.2 Å². The molecule has 0 radical (unpaired) electrons. The minimum Gasteiger partial charge on any atom is -0.497 e. The number of piperazine rings is 1. The van der Waals surface area contributed by atoms with Crippen LogP contribution in [0.1, 0.15) is 16.9 Å². The fraction of sp³-hybridized carbons (Fsp3) is 0.348. The van der Waals surface area contributed by atoms with Crippen molar-refractivity contribution in [3.05, 3.63) is 60.3 Å². The van der Waals surface area contributed by atoms with Gasteiger partial charge in [0.2, 0.25) is 0 Å². The number of nitrogens with zero attached hydrogens (tertiary/aromatic N) is 2. The molecule has 29 heavy (non-hydrogen) atoms. The summed E-state index contributed by atoms with van der Waals surface area (Å²) in [5, 5.41) is 4.09. The molecule has 2 heterocycles. The van der Waals surface area contributed by atoms with Crippen molar-refractivity contribution in [2.45, 2.75) is 6.42 Å². The lowest BCUT2D eigenvalue weighted by atomic mass is 10.2. The summed E-state index contributed by atoms with van der Waals surface area (Å²) in [6, 6.07) is 18.1. The summed E-state index contributed by atoms with van der Waals surface area (Å²) < 4.78 is 5.23. The van der Waals surface area contributed by atoms with Gasteiger partial charge in [0.05, 0.1) is 7.11 Å². The first-order valence-electron chi connectivity index (χ1n) is 10.2. The zero-order valence-corrected chi connectivity index (χ0v) is 16.9. The third kappa shape index (κ3) is 4.71. The van der Waals surface area contributed by atoms with E-state index in [1.807, 2.05) is 42.5 Å². The van der Waals surface area contributed by atoms with E-state index in [1.165, 1.54) is 5.69 Å². The second-order valence-corrected chi connectivity index (χ2v) is 7.41. The van der Waals surface area contributed by atoms with Gasteiger partial charge in [-0.25, -0.2) is 0 Å². The van der Waals surface area contributed by atoms with E-state index in [-0.39, 0.29) is 5.91 Å². The van der Waals surface area contributed by atoms with Crippen molar-refractivity contribution in [1.82, 2.24) is 15.2 Å². The van der Waals surface area contributed by atoms with Gasteiger partial charge in [0.15, 0.2) is 0 Å². The molecule has 1 aliphatic heterocycles. The monoisotopic (exact) mass is 392 g/mol. The van der Waals surface area contributed by atoms with Crippen LogP contribution in [0.4, 0.5) is 5.69 Å². The van der Waals surface area contributed by atoms with Gasteiger partial charge in [0.1, 0.15) is 11.4 Å². The SMILES string of the molecule is COc1ccc(N2CCN(CCCNC(=O)c3cc4ccccc4[nH]3)CC2)cc1. The fourth-order valence-electron chi connectivity index (χ4n) is 3.82. The minimum atomic E-state index is -0.0366. The summed E-state index contributed by atoms with van der Waals surface area (Å²) in [6.45, 7) is 5.82. The lowest BCUT2D eigenvalue weighted by molar-refractivity contribution is 0.0947. The summed E-state index contributed by atoms with van der Waals surface area (Å²) in [5.74, 6) is 0.854. The number of ether oxygens (including phenoxy) is 1. The van der Waals surface area contributed by atoms with Gasteiger partial charge in [0, 0.05) is 49.3 Å². The Kier molecular flexibility index (Phi) is 6.00. The summed E-state index contributed by atoms with van der Waals surface area (Å²) in [5.41, 5.74) is 2.86. The Labute approximate surface area is 171 Å². The number of benzene rings is 2. The number of methoxy groups -OCH3 is 1. The van der Waals surface area contributed by atoms with Crippen LogP contribution in [0.25, 0.3) is 10.9 Å². The van der Waals surface area contributed by atoms with Crippen molar-refractivity contribution < 1.29 is 9.53 Å². The Morgan fingerprint density at radius 3 is 2.55 bits per heavy atom. The standard InChI is InChI=1S/C23H28N4O2/c1-29-20-9-7-19(8-10-20)27-15-13-26(14-16-27)12-4-11-24-23(28)22-17-18-5-2-3-6-21(18)25-22/h2-3,5-10,17,25H,4,11-16H2,1H3,(H,24,28). The van der Waals surface area contributed by atoms with Gasteiger partial charge < -0.3 is 19.9 Å². The summed E-state index contributed by atoms with van der Waals surface area (Å²) in [4.78, 5) is 20.4. The first-order chi connectivity index (χ1) is 14.2. The lowest BCUT2D eigenvalue weighted by Gasteiger charge is -2.36. The number of hydrogen-bond donors (Lipinski definition) is 2. The normalized spacial score (nSPS) is 14.9. The maximum Gasteiger partial charge on any atom is 0.267 e. The lowest BCUT2D eigenvalue weighted by Crippen LogP contribution is -2.47. The predicted molar refractivity (Wildman–Crippen MR) is 117 cm³/mol. The van der Waals surface area contributed by atoms with Gasteiger partial charge in [-0.2, -0.15) is 0 Å². The Bertz CT molecular complexity index is 910. The number of nitrogens with one attached hydrogen (secondary N) is 2. The van der Waals surface area contributed by atoms with E-state index in [4.69, 9.17) is 4.74 Å². The van der Waals surface area contributed by atoms with Crippen molar-refractivity contribution in [2.75, 3.05) is 51.3 Å². The van der Waals surface area contributed by atoms with E-state index in [9.17, 15) is 4.79 Å². The third-order valence-corrected chi connectivity index (χ3v) is 5.52. The first-order valence-corrected chi connectivity index (χ1v) is 10.2. The Hall–Kier alpha value is -2.99. The zero-order chi connectivity index (χ0) is 20.1. The molecule has 0 saturated carbocycles. The van der Waals surface area contributed by atoms with Crippen LogP contribution in [0.2, 0.25) is 0 Å². The Morgan fingerprint density at radius 1 is 1.07 bits per heavy atom. The number of carbonyl (C=O) groups is 1. The largest absolute Gasteiger partial charge is 0.497 e. The number of anilines is 1. The highest BCUT2D eigenvalue weighted by molar-refractivity contribution is 5.97. The van der Waals surface area contributed by atoms with Crippen LogP contribution in [-0.4, -0.2) is 62.2 Å². The number of aromatic nitrogens is 1. The summed E-state index contributed by atoms with van der Waals surface area (Å²) in [7, 11) is 1.69. The minimum absolute atomic E-state index is 0.0366. The second kappa shape index (κ2) is 9.01. The smallest absolute Gasteiger partial charge is 0.267 e. The molecule has 152 valence electrons. The predicted octanol–water partition coefficient (Wildman–Crippen LogP) is 3.12. The van der Waals surface area contributed by atoms with Gasteiger partial charge in [-0.05, 0) is 49.4 Å². The number of aromatic amines is 1. The fourth-order valence-corrected chi connectivity index (χ4v) is 3.82. The average Bonchev–Trinajstić information content (AvgIpc) is 3.22. The number of hydrogen-bond acceptors (Lipinski definition) is 4. The molecule has 0 atom stereocenters. The van der Waals surface area contributed by atoms with Gasteiger partial charge in [-0.3, -0.25) is 9.69 Å². The first kappa shape index (κ1) is 19.3. The summed E-state index contributed by atoms with van der Waals surface area (Å²) in [6.07, 6.45) is 0.953. The van der Waals surface area contributed by atoms with Crippen molar-refractivity contribution in [3.8, 4) is 5.75 Å². The summed E-state index contributed by atoms with van der Waals surface area (Å²) >= 11 is 0. The van der Waals surface area contributed by atoms with E-state index in [0.717, 1.165) is 55.8 Å². The Morgan fingerprint density at radius 2 is 1.83 bits per heavy atom. The molecule has 0 bridgehead atoms. The van der Waals surface area contributed by atoms with E-state index in [2.05, 4.69) is 32.2 Å². The average molecular weight is 393 g/mol. The number of para-hydroxylation sites is 1. The van der Waals surface area contributed by atoms with E-state index in [1.54, 1.807) is 7.11 Å². The van der Waals surface area contributed by atoms with Gasteiger partial charge >= 0.3 is 0 Å². The molecule has 3 aromatic rings. The van der Waals surface area contributed by atoms with Crippen LogP contribution in [0.3, 0.4) is 0 Å². The number of H-pyrrole nitrogens is 1. The number of fused-ring (bicyclic) bond motifs is 1. The number of amides is 1. The van der Waals surface area contributed by atoms with Crippen LogP contribution >= 0.6 is 0 Å². The van der Waals surface area contributed by atoms with Crippen LogP contribution < -0.4 is 15.0 Å². The highest BCUT2D eigenvalue weighted by atomic mass is 16.5. The highest BCUT2D eigenvalue weighted by Gasteiger charge is 2.17. The maximum absolute atomic E-state index is 12.3. The van der Waals surface area contributed by atoms with E-state index >= 15 is 0 Å². The van der Waals surface area contributed by atoms with Gasteiger partial charge in [0.25, 0.3) is 5.91 Å². The molecule has 1 fully saturated rings. The molecule has 1 amide bonds. The highest BCUT2D eigenvalue weighted by Crippen LogP contribution is 2.20. The van der Waals surface area contributed by atoms with Crippen molar-refractivity contribution in [1.29, 1.82) is 0 Å². The van der Waals surface area contributed by atoms with Crippen molar-refractivity contribution in [3.63, 3.8) is 0 Å². The Balaban J connectivity index is 1.17. The second-order valence-electron chi connectivity index (χ2n) is 7.41. The molecule has 1 saturated heterocycles. The molecule has 2 N–H and O–H groups in total. The molecular formula is C23H28N4O2. The van der Waals surface area contributed by atoms with Crippen LogP contribution in [-0.2, 0) is 0 Å². The number of carbonyl (C=O) groups excluding carboxylic acids is 1. The molecule has 4 rings (SSSR count). The van der Waals surface area contributed by atoms with Crippen LogP contribution in [0, 0.1) is 0 Å². The molecule has 0 spiro atoms. The molecule has 1 aliphatic rings. The zero-order valence-electron chi connectivity index (χ0n) is 16.9. The van der Waals surface area contributed by atoms with Crippen LogP contribution in [0.5, 0.6) is 5.75 Å². The molecule has 0 aliphatic carbocycles. The molecule has 6 nitrogen and oxygen atoms in total.